The van der Waals surface area contributed by atoms with Gasteiger partial charge < -0.3 is 21.7 Å². The van der Waals surface area contributed by atoms with Gasteiger partial charge in [0.05, 0.1) is 34.7 Å². The molecule has 0 bridgehead atoms. The molecule has 4 aliphatic rings. The summed E-state index contributed by atoms with van der Waals surface area (Å²) in [6.07, 6.45) is 19.5. The van der Waals surface area contributed by atoms with Crippen molar-refractivity contribution in [2.24, 2.45) is 0 Å². The lowest BCUT2D eigenvalue weighted by Gasteiger charge is -2.28. The highest BCUT2D eigenvalue weighted by molar-refractivity contribution is 5.88. The smallest absolute Gasteiger partial charge is 0.121 e. The van der Waals surface area contributed by atoms with Crippen LogP contribution in [0.1, 0.15) is 58.2 Å². The first-order chi connectivity index (χ1) is 24.6. The molecule has 1 aliphatic carbocycles. The second-order valence-electron chi connectivity index (χ2n) is 13.2. The first-order valence-corrected chi connectivity index (χ1v) is 17.3. The number of nitrogens with two attached hydrogens (primary N) is 1. The van der Waals surface area contributed by atoms with Crippen molar-refractivity contribution in [3.05, 3.63) is 178 Å². The van der Waals surface area contributed by atoms with Crippen molar-refractivity contribution < 1.29 is 0 Å². The number of fused-ring (bicyclic) bond motifs is 4. The predicted octanol–water partition coefficient (Wildman–Crippen LogP) is 9.14. The molecule has 50 heavy (non-hydrogen) atoms. The molecule has 0 saturated carbocycles. The number of hydrogen-bond acceptors (Lipinski definition) is 6. The Balaban J connectivity index is 0.916. The standard InChI is InChI=1S/C44H38N6/c1-2-5-31-14-15-32-20-22-37(49-43(32)42(31)45)28-10-8-27(9-11-28)33-16-12-29-18-21-38(47-40(29)24-33)34-17-13-30-19-23-39(48-41(30)25-34)44-46-26-35-6-3-4-7-36(35)50-44/h2-25,37,40,44,46-47,49-50H,26,45H2,1H3/b5-2-. The summed E-state index contributed by atoms with van der Waals surface area (Å²) in [4.78, 5) is 5.09. The molecule has 244 valence electrons. The molecule has 1 aromatic heterocycles. The fourth-order valence-corrected chi connectivity index (χ4v) is 7.30. The molecule has 3 atom stereocenters. The van der Waals surface area contributed by atoms with Crippen LogP contribution in [0.25, 0.3) is 34.3 Å². The number of anilines is 3. The highest BCUT2D eigenvalue weighted by atomic mass is 15.2. The van der Waals surface area contributed by atoms with Gasteiger partial charge in [0.2, 0.25) is 0 Å². The quantitative estimate of drug-likeness (QED) is 0.122. The Morgan fingerprint density at radius 2 is 1.66 bits per heavy atom. The third-order valence-electron chi connectivity index (χ3n) is 10.1. The number of nitrogens with zero attached hydrogens (tertiary/aromatic N) is 1. The summed E-state index contributed by atoms with van der Waals surface area (Å²) in [7, 11) is 0. The number of nitrogen functional groups attached to an aromatic ring is 1. The number of dihydropyridines is 1. The van der Waals surface area contributed by atoms with Crippen LogP contribution in [0.3, 0.4) is 0 Å². The lowest BCUT2D eigenvalue weighted by Crippen LogP contribution is -2.33. The molecular weight excluding hydrogens is 613 g/mol. The Hall–Kier alpha value is -6.11. The molecule has 0 spiro atoms. The van der Waals surface area contributed by atoms with Gasteiger partial charge in [-0.25, -0.2) is 4.98 Å². The second-order valence-corrected chi connectivity index (χ2v) is 13.2. The van der Waals surface area contributed by atoms with Crippen molar-refractivity contribution in [1.29, 1.82) is 0 Å². The van der Waals surface area contributed by atoms with Gasteiger partial charge in [0.15, 0.2) is 0 Å². The molecule has 0 saturated heterocycles. The Morgan fingerprint density at radius 1 is 0.800 bits per heavy atom. The van der Waals surface area contributed by atoms with Gasteiger partial charge in [0.25, 0.3) is 0 Å². The Morgan fingerprint density at radius 3 is 2.56 bits per heavy atom. The maximum Gasteiger partial charge on any atom is 0.121 e. The second kappa shape index (κ2) is 12.4. The summed E-state index contributed by atoms with van der Waals surface area (Å²) in [5.41, 5.74) is 21.9. The number of aromatic nitrogens is 1. The van der Waals surface area contributed by atoms with E-state index < -0.39 is 0 Å². The van der Waals surface area contributed by atoms with Crippen LogP contribution >= 0.6 is 0 Å². The third kappa shape index (κ3) is 5.50. The average Bonchev–Trinajstić information content (AvgIpc) is 3.18. The van der Waals surface area contributed by atoms with Crippen LogP contribution in [0.2, 0.25) is 0 Å². The van der Waals surface area contributed by atoms with Crippen LogP contribution in [0.5, 0.6) is 0 Å². The molecule has 9 rings (SSSR count). The molecule has 0 fully saturated rings. The van der Waals surface area contributed by atoms with Gasteiger partial charge in [-0.15, -0.1) is 0 Å². The van der Waals surface area contributed by atoms with Crippen molar-refractivity contribution in [2.45, 2.75) is 31.7 Å². The van der Waals surface area contributed by atoms with E-state index >= 15 is 0 Å². The molecule has 3 aliphatic heterocycles. The topological polar surface area (TPSA) is 87.0 Å². The first kappa shape index (κ1) is 30.0. The summed E-state index contributed by atoms with van der Waals surface area (Å²) in [5, 5.41) is 15.8. The number of pyridine rings is 1. The van der Waals surface area contributed by atoms with E-state index in [4.69, 9.17) is 10.7 Å². The molecule has 6 N–H and O–H groups in total. The first-order valence-electron chi connectivity index (χ1n) is 17.3. The summed E-state index contributed by atoms with van der Waals surface area (Å²) in [6.45, 7) is 2.82. The number of nitrogens with one attached hydrogen (secondary N) is 4. The number of allylic oxidation sites excluding steroid dienone is 5. The molecule has 6 nitrogen and oxygen atoms in total. The highest BCUT2D eigenvalue weighted by Crippen LogP contribution is 2.37. The monoisotopic (exact) mass is 650 g/mol. The van der Waals surface area contributed by atoms with E-state index in [1.807, 2.05) is 19.1 Å². The normalized spacial score (nSPS) is 20.4. The van der Waals surface area contributed by atoms with E-state index in [1.165, 1.54) is 27.8 Å². The summed E-state index contributed by atoms with van der Waals surface area (Å²) < 4.78 is 0. The van der Waals surface area contributed by atoms with Gasteiger partial charge in [-0.1, -0.05) is 121 Å². The zero-order valence-electron chi connectivity index (χ0n) is 27.8. The van der Waals surface area contributed by atoms with Crippen molar-refractivity contribution in [2.75, 3.05) is 16.4 Å². The molecule has 0 amide bonds. The zero-order valence-corrected chi connectivity index (χ0v) is 27.8. The maximum absolute atomic E-state index is 6.54. The highest BCUT2D eigenvalue weighted by Gasteiger charge is 2.23. The molecule has 6 heteroatoms. The fraction of sp³-hybridized carbons (Fsp3) is 0.114. The number of rotatable bonds is 5. The van der Waals surface area contributed by atoms with Crippen molar-refractivity contribution >= 4 is 51.4 Å². The minimum absolute atomic E-state index is 0.0375. The van der Waals surface area contributed by atoms with E-state index in [1.54, 1.807) is 0 Å². The average molecular weight is 651 g/mol. The fourth-order valence-electron chi connectivity index (χ4n) is 7.30. The van der Waals surface area contributed by atoms with Gasteiger partial charge in [-0.2, -0.15) is 0 Å². The van der Waals surface area contributed by atoms with Crippen molar-refractivity contribution in [3.8, 4) is 0 Å². The maximum atomic E-state index is 6.54. The van der Waals surface area contributed by atoms with Crippen molar-refractivity contribution in [3.63, 3.8) is 0 Å². The molecule has 4 aromatic carbocycles. The minimum Gasteiger partial charge on any atom is -0.397 e. The zero-order chi connectivity index (χ0) is 33.6. The third-order valence-corrected chi connectivity index (χ3v) is 10.1. The largest absolute Gasteiger partial charge is 0.397 e. The lowest BCUT2D eigenvalue weighted by molar-refractivity contribution is 0.555. The summed E-state index contributed by atoms with van der Waals surface area (Å²) in [5.74, 6) is 0. The van der Waals surface area contributed by atoms with Gasteiger partial charge in [0.1, 0.15) is 6.17 Å². The molecular formula is C44H38N6. The Bertz CT molecular complexity index is 2340. The number of hydrogen-bond donors (Lipinski definition) is 5. The van der Waals surface area contributed by atoms with Crippen LogP contribution in [-0.2, 0) is 6.54 Å². The molecule has 3 unspecified atom stereocenters. The van der Waals surface area contributed by atoms with E-state index in [9.17, 15) is 0 Å². The van der Waals surface area contributed by atoms with Crippen LogP contribution in [0, 0.1) is 0 Å². The molecule has 0 radical (unpaired) electrons. The van der Waals surface area contributed by atoms with Crippen LogP contribution in [-0.4, -0.2) is 11.0 Å². The van der Waals surface area contributed by atoms with Crippen LogP contribution in [0.15, 0.2) is 139 Å². The van der Waals surface area contributed by atoms with E-state index in [0.717, 1.165) is 62.6 Å². The number of benzene rings is 4. The van der Waals surface area contributed by atoms with Gasteiger partial charge >= 0.3 is 0 Å². The van der Waals surface area contributed by atoms with Crippen molar-refractivity contribution in [1.82, 2.24) is 15.6 Å². The summed E-state index contributed by atoms with van der Waals surface area (Å²) >= 11 is 0. The number of para-hydroxylation sites is 1. The minimum atomic E-state index is -0.0375. The van der Waals surface area contributed by atoms with Gasteiger partial charge in [0, 0.05) is 23.3 Å². The SMILES string of the molecule is C/C=C\c1ccc2c(c1N)NC(c1ccc(C3=CC4NC(c5ccc6ccc(C7NCc8ccccc8N7)nc6c5)=CC=C4C=C3)cc1)C=C2. The molecule has 5 aromatic rings. The van der Waals surface area contributed by atoms with Crippen LogP contribution < -0.4 is 27.0 Å². The van der Waals surface area contributed by atoms with E-state index in [0.29, 0.717) is 0 Å². The van der Waals surface area contributed by atoms with Gasteiger partial charge in [-0.3, -0.25) is 5.32 Å². The molecule has 4 heterocycles. The van der Waals surface area contributed by atoms with Gasteiger partial charge in [-0.05, 0) is 75.7 Å². The van der Waals surface area contributed by atoms with Crippen LogP contribution in [0.4, 0.5) is 17.1 Å². The van der Waals surface area contributed by atoms with E-state index in [2.05, 4.69) is 155 Å². The Kier molecular flexibility index (Phi) is 7.44. The lowest BCUT2D eigenvalue weighted by atomic mass is 9.89. The summed E-state index contributed by atoms with van der Waals surface area (Å²) in [6, 6.07) is 32.4. The Labute approximate surface area is 292 Å². The predicted molar refractivity (Wildman–Crippen MR) is 209 cm³/mol. The van der Waals surface area contributed by atoms with E-state index in [-0.39, 0.29) is 18.2 Å².